The van der Waals surface area contributed by atoms with Gasteiger partial charge in [0.1, 0.15) is 4.83 Å². The number of halogens is 2. The number of hydrogen-bond donors (Lipinski definition) is 1. The van der Waals surface area contributed by atoms with Crippen LogP contribution in [0.25, 0.3) is 15.9 Å². The molecule has 0 saturated carbocycles. The second-order valence-corrected chi connectivity index (χ2v) is 7.67. The number of thiophene rings is 1. The zero-order chi connectivity index (χ0) is 18.3. The molecule has 4 nitrogen and oxygen atoms in total. The normalized spacial score (nSPS) is 11.0. The van der Waals surface area contributed by atoms with E-state index < -0.39 is 0 Å². The lowest BCUT2D eigenvalue weighted by atomic mass is 10.3. The molecule has 26 heavy (non-hydrogen) atoms. The lowest BCUT2D eigenvalue weighted by Gasteiger charge is -2.04. The number of carbonyl (C=O) groups is 1. The van der Waals surface area contributed by atoms with Crippen LogP contribution < -0.4 is 5.32 Å². The van der Waals surface area contributed by atoms with Crippen LogP contribution in [0, 0.1) is 6.92 Å². The highest BCUT2D eigenvalue weighted by atomic mass is 35.5. The molecule has 0 unspecified atom stereocenters. The van der Waals surface area contributed by atoms with Gasteiger partial charge in [0.05, 0.1) is 16.3 Å². The van der Waals surface area contributed by atoms with Crippen LogP contribution in [0.2, 0.25) is 10.0 Å². The number of anilines is 1. The maximum atomic E-state index is 12.6. The van der Waals surface area contributed by atoms with Crippen LogP contribution in [0.1, 0.15) is 15.4 Å². The third kappa shape index (κ3) is 3.21. The molecule has 2 aromatic heterocycles. The molecule has 2 heterocycles. The number of amides is 1. The number of carbonyl (C=O) groups excluding carboxylic acids is 1. The maximum Gasteiger partial charge on any atom is 0.265 e. The van der Waals surface area contributed by atoms with Crippen LogP contribution in [0.4, 0.5) is 5.69 Å². The van der Waals surface area contributed by atoms with Crippen LogP contribution in [0.3, 0.4) is 0 Å². The highest BCUT2D eigenvalue weighted by Crippen LogP contribution is 2.31. The number of nitrogens with zero attached hydrogens (tertiary/aromatic N) is 2. The van der Waals surface area contributed by atoms with Crippen molar-refractivity contribution in [1.29, 1.82) is 0 Å². The summed E-state index contributed by atoms with van der Waals surface area (Å²) >= 11 is 13.2. The number of rotatable bonds is 3. The number of aromatic nitrogens is 2. The Morgan fingerprint density at radius 2 is 1.65 bits per heavy atom. The van der Waals surface area contributed by atoms with Gasteiger partial charge in [-0.15, -0.1) is 11.3 Å². The van der Waals surface area contributed by atoms with E-state index in [9.17, 15) is 4.79 Å². The zero-order valence-corrected chi connectivity index (χ0v) is 16.0. The summed E-state index contributed by atoms with van der Waals surface area (Å²) in [6.45, 7) is 1.93. The highest BCUT2D eigenvalue weighted by molar-refractivity contribution is 7.20. The number of benzene rings is 2. The molecule has 0 aliphatic heterocycles. The summed E-state index contributed by atoms with van der Waals surface area (Å²) in [7, 11) is 0. The Morgan fingerprint density at radius 1 is 1.04 bits per heavy atom. The smallest absolute Gasteiger partial charge is 0.265 e. The Morgan fingerprint density at radius 3 is 2.31 bits per heavy atom. The first-order valence-electron chi connectivity index (χ1n) is 7.83. The molecule has 0 bridgehead atoms. The van der Waals surface area contributed by atoms with Gasteiger partial charge in [0.25, 0.3) is 5.91 Å². The summed E-state index contributed by atoms with van der Waals surface area (Å²) in [5, 5.41) is 9.73. The molecule has 1 amide bonds. The molecular weight excluding hydrogens is 389 g/mol. The molecule has 1 N–H and O–H groups in total. The van der Waals surface area contributed by atoms with Gasteiger partial charge in [0.2, 0.25) is 0 Å². The van der Waals surface area contributed by atoms with Gasteiger partial charge in [-0.25, -0.2) is 4.68 Å². The summed E-state index contributed by atoms with van der Waals surface area (Å²) in [6, 6.07) is 16.4. The first-order valence-corrected chi connectivity index (χ1v) is 9.40. The molecule has 0 atom stereocenters. The molecule has 7 heteroatoms. The average Bonchev–Trinajstić information content (AvgIpc) is 3.19. The standard InChI is InChI=1S/C19H13Cl2N3OS/c1-11-16-10-17(18(25)22-14-6-2-12(20)3-7-14)26-19(16)24(23-11)15-8-4-13(21)5-9-15/h2-10H,1H3,(H,22,25). The van der Waals surface area contributed by atoms with E-state index in [1.165, 1.54) is 11.3 Å². The van der Waals surface area contributed by atoms with Crippen molar-refractivity contribution < 1.29 is 4.79 Å². The Labute approximate surface area is 164 Å². The fourth-order valence-electron chi connectivity index (χ4n) is 2.64. The van der Waals surface area contributed by atoms with Crippen LogP contribution in [0.5, 0.6) is 0 Å². The van der Waals surface area contributed by atoms with E-state index in [0.717, 1.165) is 21.6 Å². The molecule has 0 spiro atoms. The van der Waals surface area contributed by atoms with Gasteiger partial charge < -0.3 is 5.32 Å². The van der Waals surface area contributed by atoms with Gasteiger partial charge >= 0.3 is 0 Å². The van der Waals surface area contributed by atoms with Crippen LogP contribution >= 0.6 is 34.5 Å². The van der Waals surface area contributed by atoms with Crippen molar-refractivity contribution in [2.75, 3.05) is 5.32 Å². The van der Waals surface area contributed by atoms with E-state index in [0.29, 0.717) is 20.6 Å². The summed E-state index contributed by atoms with van der Waals surface area (Å²) in [6.07, 6.45) is 0. The molecular formula is C19H13Cl2N3OS. The minimum Gasteiger partial charge on any atom is -0.321 e. The van der Waals surface area contributed by atoms with E-state index >= 15 is 0 Å². The van der Waals surface area contributed by atoms with E-state index in [4.69, 9.17) is 23.2 Å². The van der Waals surface area contributed by atoms with E-state index in [1.54, 1.807) is 24.3 Å². The maximum absolute atomic E-state index is 12.6. The second kappa shape index (κ2) is 6.76. The van der Waals surface area contributed by atoms with Gasteiger partial charge in [-0.1, -0.05) is 23.2 Å². The molecule has 130 valence electrons. The van der Waals surface area contributed by atoms with E-state index in [-0.39, 0.29) is 5.91 Å². The summed E-state index contributed by atoms with van der Waals surface area (Å²) in [5.74, 6) is -0.157. The fourth-order valence-corrected chi connectivity index (χ4v) is 3.97. The first-order chi connectivity index (χ1) is 12.5. The number of hydrogen-bond acceptors (Lipinski definition) is 3. The number of nitrogens with one attached hydrogen (secondary N) is 1. The van der Waals surface area contributed by atoms with Crippen molar-refractivity contribution in [2.45, 2.75) is 6.92 Å². The Kier molecular flexibility index (Phi) is 4.44. The largest absolute Gasteiger partial charge is 0.321 e. The van der Waals surface area contributed by atoms with Crippen molar-refractivity contribution in [3.05, 3.63) is 75.2 Å². The Balaban J connectivity index is 1.69. The van der Waals surface area contributed by atoms with Gasteiger partial charge in [-0.3, -0.25) is 4.79 Å². The second-order valence-electron chi connectivity index (χ2n) is 5.76. The third-order valence-corrected chi connectivity index (χ3v) is 5.56. The molecule has 0 radical (unpaired) electrons. The summed E-state index contributed by atoms with van der Waals surface area (Å²) < 4.78 is 1.84. The van der Waals surface area contributed by atoms with Crippen molar-refractivity contribution in [3.63, 3.8) is 0 Å². The molecule has 0 aliphatic carbocycles. The van der Waals surface area contributed by atoms with Crippen molar-refractivity contribution in [2.24, 2.45) is 0 Å². The van der Waals surface area contributed by atoms with Crippen molar-refractivity contribution >= 4 is 56.3 Å². The third-order valence-electron chi connectivity index (χ3n) is 3.94. The lowest BCUT2D eigenvalue weighted by Crippen LogP contribution is -2.09. The van der Waals surface area contributed by atoms with Crippen LogP contribution in [-0.2, 0) is 0 Å². The SMILES string of the molecule is Cc1nn(-c2ccc(Cl)cc2)c2sc(C(=O)Nc3ccc(Cl)cc3)cc12. The molecule has 4 aromatic rings. The number of aryl methyl sites for hydroxylation is 1. The monoisotopic (exact) mass is 401 g/mol. The van der Waals surface area contributed by atoms with E-state index in [2.05, 4.69) is 10.4 Å². The summed E-state index contributed by atoms with van der Waals surface area (Å²) in [4.78, 5) is 14.1. The molecule has 4 rings (SSSR count). The average molecular weight is 402 g/mol. The molecule has 0 aliphatic rings. The van der Waals surface area contributed by atoms with Gasteiger partial charge in [0.15, 0.2) is 0 Å². The predicted molar refractivity (Wildman–Crippen MR) is 108 cm³/mol. The fraction of sp³-hybridized carbons (Fsp3) is 0.0526. The van der Waals surface area contributed by atoms with Gasteiger partial charge in [-0.2, -0.15) is 5.10 Å². The quantitative estimate of drug-likeness (QED) is 0.460. The Hall–Kier alpha value is -2.34. The van der Waals surface area contributed by atoms with Crippen molar-refractivity contribution in [3.8, 4) is 5.69 Å². The van der Waals surface area contributed by atoms with Gasteiger partial charge in [0, 0.05) is 21.1 Å². The predicted octanol–water partition coefficient (Wildman–Crippen LogP) is 5.95. The van der Waals surface area contributed by atoms with Gasteiger partial charge in [-0.05, 0) is 61.5 Å². The summed E-state index contributed by atoms with van der Waals surface area (Å²) in [5.41, 5.74) is 2.48. The van der Waals surface area contributed by atoms with Crippen molar-refractivity contribution in [1.82, 2.24) is 9.78 Å². The lowest BCUT2D eigenvalue weighted by molar-refractivity contribution is 0.103. The highest BCUT2D eigenvalue weighted by Gasteiger charge is 2.17. The minimum absolute atomic E-state index is 0.157. The topological polar surface area (TPSA) is 46.9 Å². The first kappa shape index (κ1) is 17.1. The molecule has 2 aromatic carbocycles. The zero-order valence-electron chi connectivity index (χ0n) is 13.7. The van der Waals surface area contributed by atoms with Crippen LogP contribution in [-0.4, -0.2) is 15.7 Å². The van der Waals surface area contributed by atoms with Crippen LogP contribution in [0.15, 0.2) is 54.6 Å². The molecule has 0 fully saturated rings. The Bertz CT molecular complexity index is 1100. The number of fused-ring (bicyclic) bond motifs is 1. The van der Waals surface area contributed by atoms with E-state index in [1.807, 2.05) is 41.9 Å². The molecule has 0 saturated heterocycles. The minimum atomic E-state index is -0.157.